The predicted octanol–water partition coefficient (Wildman–Crippen LogP) is 3.08. The van der Waals surface area contributed by atoms with Crippen LogP contribution < -0.4 is 0 Å². The molecule has 1 aromatic carbocycles. The SMILES string of the molecule is CC(=O)c1c(C)cccc1C1CC1. The summed E-state index contributed by atoms with van der Waals surface area (Å²) in [6, 6.07) is 6.17. The highest BCUT2D eigenvalue weighted by atomic mass is 16.1. The number of rotatable bonds is 2. The fraction of sp³-hybridized carbons (Fsp3) is 0.417. The van der Waals surface area contributed by atoms with E-state index < -0.39 is 0 Å². The van der Waals surface area contributed by atoms with E-state index in [0.717, 1.165) is 11.1 Å². The molecule has 0 bridgehead atoms. The summed E-state index contributed by atoms with van der Waals surface area (Å²) < 4.78 is 0. The molecule has 0 aromatic heterocycles. The third kappa shape index (κ3) is 1.51. The van der Waals surface area contributed by atoms with E-state index in [1.165, 1.54) is 18.4 Å². The van der Waals surface area contributed by atoms with Crippen molar-refractivity contribution in [3.8, 4) is 0 Å². The Kier molecular flexibility index (Phi) is 1.95. The molecular weight excluding hydrogens is 160 g/mol. The minimum atomic E-state index is 0.208. The van der Waals surface area contributed by atoms with Gasteiger partial charge in [0.15, 0.2) is 5.78 Å². The van der Waals surface area contributed by atoms with E-state index in [2.05, 4.69) is 12.1 Å². The smallest absolute Gasteiger partial charge is 0.160 e. The molecule has 0 atom stereocenters. The molecule has 1 aromatic rings. The van der Waals surface area contributed by atoms with Crippen molar-refractivity contribution in [3.05, 3.63) is 34.9 Å². The second-order valence-electron chi connectivity index (χ2n) is 3.87. The summed E-state index contributed by atoms with van der Waals surface area (Å²) in [6.07, 6.45) is 2.51. The Balaban J connectivity index is 2.53. The summed E-state index contributed by atoms with van der Waals surface area (Å²) in [5, 5.41) is 0. The first-order valence-electron chi connectivity index (χ1n) is 4.80. The third-order valence-electron chi connectivity index (χ3n) is 2.67. The van der Waals surface area contributed by atoms with Crippen LogP contribution in [0.2, 0.25) is 0 Å². The van der Waals surface area contributed by atoms with Crippen LogP contribution in [0.5, 0.6) is 0 Å². The van der Waals surface area contributed by atoms with Gasteiger partial charge in [0.2, 0.25) is 0 Å². The Bertz CT molecular complexity index is 348. The first kappa shape index (κ1) is 8.49. The molecule has 0 amide bonds. The molecule has 0 saturated heterocycles. The highest BCUT2D eigenvalue weighted by Gasteiger charge is 2.27. The van der Waals surface area contributed by atoms with Crippen molar-refractivity contribution in [1.29, 1.82) is 0 Å². The Morgan fingerprint density at radius 2 is 2.08 bits per heavy atom. The van der Waals surface area contributed by atoms with Gasteiger partial charge in [-0.15, -0.1) is 0 Å². The van der Waals surface area contributed by atoms with E-state index in [9.17, 15) is 4.79 Å². The number of aryl methyl sites for hydroxylation is 1. The van der Waals surface area contributed by atoms with Crippen molar-refractivity contribution in [2.75, 3.05) is 0 Å². The van der Waals surface area contributed by atoms with Crippen molar-refractivity contribution < 1.29 is 4.79 Å². The zero-order valence-corrected chi connectivity index (χ0v) is 8.13. The molecule has 0 radical (unpaired) electrons. The molecule has 0 spiro atoms. The van der Waals surface area contributed by atoms with Crippen molar-refractivity contribution in [3.63, 3.8) is 0 Å². The lowest BCUT2D eigenvalue weighted by Crippen LogP contribution is -2.01. The monoisotopic (exact) mass is 174 g/mol. The van der Waals surface area contributed by atoms with Crippen molar-refractivity contribution in [1.82, 2.24) is 0 Å². The molecule has 1 nitrogen and oxygen atoms in total. The molecule has 1 aliphatic rings. The number of hydrogen-bond donors (Lipinski definition) is 0. The number of hydrogen-bond acceptors (Lipinski definition) is 1. The van der Waals surface area contributed by atoms with Crippen LogP contribution >= 0.6 is 0 Å². The van der Waals surface area contributed by atoms with Crippen LogP contribution in [0.1, 0.15) is 47.2 Å². The maximum atomic E-state index is 11.4. The molecular formula is C12H14O. The summed E-state index contributed by atoms with van der Waals surface area (Å²) in [6.45, 7) is 3.68. The summed E-state index contributed by atoms with van der Waals surface area (Å²) in [5.41, 5.74) is 3.36. The Morgan fingerprint density at radius 3 is 2.62 bits per heavy atom. The Hall–Kier alpha value is -1.11. The van der Waals surface area contributed by atoms with Gasteiger partial charge in [0, 0.05) is 5.56 Å². The van der Waals surface area contributed by atoms with Gasteiger partial charge < -0.3 is 0 Å². The van der Waals surface area contributed by atoms with E-state index >= 15 is 0 Å². The van der Waals surface area contributed by atoms with Crippen molar-refractivity contribution >= 4 is 5.78 Å². The van der Waals surface area contributed by atoms with Crippen LogP contribution in [-0.2, 0) is 0 Å². The number of carbonyl (C=O) groups excluding carboxylic acids is 1. The van der Waals surface area contributed by atoms with Crippen LogP contribution in [0, 0.1) is 6.92 Å². The molecule has 68 valence electrons. The van der Waals surface area contributed by atoms with Crippen LogP contribution in [0.15, 0.2) is 18.2 Å². The summed E-state index contributed by atoms with van der Waals surface area (Å²) >= 11 is 0. The lowest BCUT2D eigenvalue weighted by atomic mass is 9.96. The molecule has 0 N–H and O–H groups in total. The third-order valence-corrected chi connectivity index (χ3v) is 2.67. The van der Waals surface area contributed by atoms with Crippen LogP contribution in [0.25, 0.3) is 0 Å². The van der Waals surface area contributed by atoms with Crippen molar-refractivity contribution in [2.45, 2.75) is 32.6 Å². The fourth-order valence-corrected chi connectivity index (χ4v) is 1.91. The molecule has 0 unspecified atom stereocenters. The number of ketones is 1. The molecule has 0 heterocycles. The summed E-state index contributed by atoms with van der Waals surface area (Å²) in [4.78, 5) is 11.4. The first-order chi connectivity index (χ1) is 6.20. The highest BCUT2D eigenvalue weighted by molar-refractivity contribution is 5.97. The molecule has 1 aliphatic carbocycles. The number of carbonyl (C=O) groups is 1. The Morgan fingerprint density at radius 1 is 1.38 bits per heavy atom. The topological polar surface area (TPSA) is 17.1 Å². The molecule has 13 heavy (non-hydrogen) atoms. The van der Waals surface area contributed by atoms with E-state index in [4.69, 9.17) is 0 Å². The minimum Gasteiger partial charge on any atom is -0.294 e. The number of Topliss-reactive ketones (excluding diaryl/α,β-unsaturated/α-hetero) is 1. The van der Waals surface area contributed by atoms with Gasteiger partial charge in [-0.05, 0) is 43.7 Å². The van der Waals surface area contributed by atoms with Crippen LogP contribution in [0.3, 0.4) is 0 Å². The molecule has 1 saturated carbocycles. The van der Waals surface area contributed by atoms with Gasteiger partial charge in [0.25, 0.3) is 0 Å². The maximum absolute atomic E-state index is 11.4. The normalized spacial score (nSPS) is 15.8. The predicted molar refractivity (Wildman–Crippen MR) is 53.2 cm³/mol. The van der Waals surface area contributed by atoms with E-state index in [-0.39, 0.29) is 5.78 Å². The zero-order chi connectivity index (χ0) is 9.42. The van der Waals surface area contributed by atoms with E-state index in [0.29, 0.717) is 5.92 Å². The van der Waals surface area contributed by atoms with Gasteiger partial charge >= 0.3 is 0 Å². The lowest BCUT2D eigenvalue weighted by molar-refractivity contribution is 0.101. The molecule has 1 heteroatoms. The number of benzene rings is 1. The van der Waals surface area contributed by atoms with Crippen LogP contribution in [-0.4, -0.2) is 5.78 Å². The second kappa shape index (κ2) is 2.99. The highest BCUT2D eigenvalue weighted by Crippen LogP contribution is 2.42. The average Bonchev–Trinajstić information content (AvgIpc) is 2.85. The molecule has 0 aliphatic heterocycles. The van der Waals surface area contributed by atoms with Gasteiger partial charge in [0.1, 0.15) is 0 Å². The van der Waals surface area contributed by atoms with Gasteiger partial charge in [-0.3, -0.25) is 4.79 Å². The van der Waals surface area contributed by atoms with Gasteiger partial charge in [0.05, 0.1) is 0 Å². The second-order valence-corrected chi connectivity index (χ2v) is 3.87. The average molecular weight is 174 g/mol. The van der Waals surface area contributed by atoms with Gasteiger partial charge in [-0.2, -0.15) is 0 Å². The van der Waals surface area contributed by atoms with E-state index in [1.807, 2.05) is 13.0 Å². The lowest BCUT2D eigenvalue weighted by Gasteiger charge is -2.08. The summed E-state index contributed by atoms with van der Waals surface area (Å²) in [7, 11) is 0. The zero-order valence-electron chi connectivity index (χ0n) is 8.13. The summed E-state index contributed by atoms with van der Waals surface area (Å²) in [5.74, 6) is 0.874. The Labute approximate surface area is 78.8 Å². The largest absolute Gasteiger partial charge is 0.294 e. The van der Waals surface area contributed by atoms with E-state index in [1.54, 1.807) is 6.92 Å². The standard InChI is InChI=1S/C12H14O/c1-8-4-3-5-11(10-6-7-10)12(8)9(2)13/h3-5,10H,6-7H2,1-2H3. The molecule has 2 rings (SSSR count). The first-order valence-corrected chi connectivity index (χ1v) is 4.80. The van der Waals surface area contributed by atoms with Gasteiger partial charge in [-0.1, -0.05) is 18.2 Å². The quantitative estimate of drug-likeness (QED) is 0.630. The van der Waals surface area contributed by atoms with Gasteiger partial charge in [-0.25, -0.2) is 0 Å². The van der Waals surface area contributed by atoms with Crippen LogP contribution in [0.4, 0.5) is 0 Å². The fourth-order valence-electron chi connectivity index (χ4n) is 1.91. The van der Waals surface area contributed by atoms with Crippen molar-refractivity contribution in [2.24, 2.45) is 0 Å². The molecule has 1 fully saturated rings. The maximum Gasteiger partial charge on any atom is 0.160 e. The minimum absolute atomic E-state index is 0.208.